The van der Waals surface area contributed by atoms with Gasteiger partial charge < -0.3 is 5.73 Å². The van der Waals surface area contributed by atoms with E-state index in [1.807, 2.05) is 6.92 Å². The number of thioether (sulfide) groups is 1. The van der Waals surface area contributed by atoms with E-state index in [1.165, 1.54) is 6.07 Å². The SMILES string of the molecule is CCSCC(C)NS(=O)(=O)c1cc(F)ccc1N. The van der Waals surface area contributed by atoms with Gasteiger partial charge in [0, 0.05) is 11.8 Å². The van der Waals surface area contributed by atoms with Gasteiger partial charge in [-0.05, 0) is 30.9 Å². The summed E-state index contributed by atoms with van der Waals surface area (Å²) in [6.07, 6.45) is 0. The van der Waals surface area contributed by atoms with Crippen molar-refractivity contribution in [2.24, 2.45) is 0 Å². The largest absolute Gasteiger partial charge is 0.398 e. The van der Waals surface area contributed by atoms with Crippen molar-refractivity contribution >= 4 is 27.5 Å². The molecular weight excluding hydrogens is 275 g/mol. The topological polar surface area (TPSA) is 72.2 Å². The summed E-state index contributed by atoms with van der Waals surface area (Å²) in [5.74, 6) is 0.944. The third-order valence-electron chi connectivity index (χ3n) is 2.19. The minimum Gasteiger partial charge on any atom is -0.398 e. The maximum atomic E-state index is 13.1. The van der Waals surface area contributed by atoms with Gasteiger partial charge in [0.05, 0.1) is 5.69 Å². The van der Waals surface area contributed by atoms with E-state index in [-0.39, 0.29) is 16.6 Å². The highest BCUT2D eigenvalue weighted by molar-refractivity contribution is 7.99. The molecule has 0 heterocycles. The van der Waals surface area contributed by atoms with Crippen LogP contribution in [0.1, 0.15) is 13.8 Å². The Bertz CT molecular complexity index is 506. The third-order valence-corrected chi connectivity index (χ3v) is 4.98. The quantitative estimate of drug-likeness (QED) is 0.785. The average Bonchev–Trinajstić information content (AvgIpc) is 2.29. The smallest absolute Gasteiger partial charge is 0.242 e. The van der Waals surface area contributed by atoms with Crippen molar-refractivity contribution in [3.63, 3.8) is 0 Å². The molecule has 1 aromatic carbocycles. The molecule has 0 radical (unpaired) electrons. The van der Waals surface area contributed by atoms with Crippen LogP contribution in [0.4, 0.5) is 10.1 Å². The molecule has 0 aromatic heterocycles. The number of rotatable bonds is 6. The average molecular weight is 292 g/mol. The lowest BCUT2D eigenvalue weighted by atomic mass is 10.3. The predicted octanol–water partition coefficient (Wildman–Crippen LogP) is 1.83. The molecule has 1 atom stereocenters. The summed E-state index contributed by atoms with van der Waals surface area (Å²) in [6, 6.07) is 3.07. The van der Waals surface area contributed by atoms with Crippen molar-refractivity contribution in [2.45, 2.75) is 24.8 Å². The monoisotopic (exact) mass is 292 g/mol. The van der Waals surface area contributed by atoms with Gasteiger partial charge in [-0.25, -0.2) is 17.5 Å². The highest BCUT2D eigenvalue weighted by atomic mass is 32.2. The summed E-state index contributed by atoms with van der Waals surface area (Å²) in [4.78, 5) is -0.212. The van der Waals surface area contributed by atoms with Crippen LogP contribution in [0.5, 0.6) is 0 Å². The lowest BCUT2D eigenvalue weighted by molar-refractivity contribution is 0.568. The van der Waals surface area contributed by atoms with Gasteiger partial charge >= 0.3 is 0 Å². The summed E-state index contributed by atoms with van der Waals surface area (Å²) in [5.41, 5.74) is 5.60. The van der Waals surface area contributed by atoms with Crippen molar-refractivity contribution in [3.8, 4) is 0 Å². The molecule has 0 amide bonds. The summed E-state index contributed by atoms with van der Waals surface area (Å²) in [6.45, 7) is 3.76. The fourth-order valence-electron chi connectivity index (χ4n) is 1.40. The summed E-state index contributed by atoms with van der Waals surface area (Å²) in [5, 5.41) is 0. The Kier molecular flexibility index (Phi) is 5.43. The second-order valence-electron chi connectivity index (χ2n) is 3.86. The van der Waals surface area contributed by atoms with Crippen LogP contribution in [-0.2, 0) is 10.0 Å². The molecular formula is C11H17FN2O2S2. The van der Waals surface area contributed by atoms with E-state index < -0.39 is 15.8 Å². The molecule has 18 heavy (non-hydrogen) atoms. The van der Waals surface area contributed by atoms with E-state index >= 15 is 0 Å². The van der Waals surface area contributed by atoms with E-state index in [9.17, 15) is 12.8 Å². The molecule has 102 valence electrons. The predicted molar refractivity (Wildman–Crippen MR) is 73.6 cm³/mol. The first-order chi connectivity index (χ1) is 8.36. The maximum Gasteiger partial charge on any atom is 0.242 e. The van der Waals surface area contributed by atoms with Gasteiger partial charge in [-0.1, -0.05) is 6.92 Å². The van der Waals surface area contributed by atoms with Crippen LogP contribution in [0.3, 0.4) is 0 Å². The Morgan fingerprint density at radius 2 is 2.17 bits per heavy atom. The first-order valence-corrected chi connectivity index (χ1v) is 8.15. The number of nitrogens with two attached hydrogens (primary N) is 1. The second-order valence-corrected chi connectivity index (χ2v) is 6.87. The molecule has 0 aliphatic carbocycles. The number of hydrogen-bond acceptors (Lipinski definition) is 4. The molecule has 0 saturated carbocycles. The van der Waals surface area contributed by atoms with Gasteiger partial charge in [0.2, 0.25) is 10.0 Å². The Morgan fingerprint density at radius 3 is 2.78 bits per heavy atom. The van der Waals surface area contributed by atoms with Crippen LogP contribution >= 0.6 is 11.8 Å². The number of nitrogen functional groups attached to an aromatic ring is 1. The molecule has 1 aromatic rings. The molecule has 1 unspecified atom stereocenters. The number of anilines is 1. The van der Waals surface area contributed by atoms with Gasteiger partial charge in [-0.3, -0.25) is 0 Å². The highest BCUT2D eigenvalue weighted by Crippen LogP contribution is 2.19. The summed E-state index contributed by atoms with van der Waals surface area (Å²) < 4.78 is 39.6. The third kappa shape index (κ3) is 4.15. The molecule has 0 spiro atoms. The lowest BCUT2D eigenvalue weighted by Gasteiger charge is -2.14. The van der Waals surface area contributed by atoms with Crippen molar-refractivity contribution in [1.82, 2.24) is 4.72 Å². The molecule has 4 nitrogen and oxygen atoms in total. The molecule has 0 aliphatic rings. The van der Waals surface area contributed by atoms with Crippen LogP contribution in [-0.4, -0.2) is 26.0 Å². The highest BCUT2D eigenvalue weighted by Gasteiger charge is 2.20. The van der Waals surface area contributed by atoms with Gasteiger partial charge in [0.15, 0.2) is 0 Å². The lowest BCUT2D eigenvalue weighted by Crippen LogP contribution is -2.34. The van der Waals surface area contributed by atoms with Crippen LogP contribution in [0.15, 0.2) is 23.1 Å². The van der Waals surface area contributed by atoms with Crippen molar-refractivity contribution in [1.29, 1.82) is 0 Å². The molecule has 3 N–H and O–H groups in total. The minimum absolute atomic E-state index is 0.0410. The fourth-order valence-corrected chi connectivity index (χ4v) is 3.56. The Labute approximate surface area is 111 Å². The Morgan fingerprint density at radius 1 is 1.50 bits per heavy atom. The number of halogens is 1. The first kappa shape index (κ1) is 15.3. The zero-order chi connectivity index (χ0) is 13.8. The molecule has 0 bridgehead atoms. The molecule has 0 fully saturated rings. The van der Waals surface area contributed by atoms with Gasteiger partial charge in [0.1, 0.15) is 10.7 Å². The molecule has 1 rings (SSSR count). The number of hydrogen-bond donors (Lipinski definition) is 2. The van der Waals surface area contributed by atoms with Crippen molar-refractivity contribution in [3.05, 3.63) is 24.0 Å². The Balaban J connectivity index is 2.89. The first-order valence-electron chi connectivity index (χ1n) is 5.52. The van der Waals surface area contributed by atoms with E-state index in [2.05, 4.69) is 4.72 Å². The Hall–Kier alpha value is -0.790. The second kappa shape index (κ2) is 6.40. The van der Waals surface area contributed by atoms with E-state index in [1.54, 1.807) is 18.7 Å². The molecule has 0 saturated heterocycles. The number of nitrogens with one attached hydrogen (secondary N) is 1. The van der Waals surface area contributed by atoms with Crippen molar-refractivity contribution < 1.29 is 12.8 Å². The van der Waals surface area contributed by atoms with Crippen LogP contribution in [0.25, 0.3) is 0 Å². The number of sulfonamides is 1. The summed E-state index contributed by atoms with van der Waals surface area (Å²) in [7, 11) is -3.77. The molecule has 7 heteroatoms. The van der Waals surface area contributed by atoms with Gasteiger partial charge in [-0.15, -0.1) is 0 Å². The summed E-state index contributed by atoms with van der Waals surface area (Å²) >= 11 is 1.63. The van der Waals surface area contributed by atoms with Crippen LogP contribution < -0.4 is 10.5 Å². The van der Waals surface area contributed by atoms with E-state index in [0.29, 0.717) is 5.75 Å². The van der Waals surface area contributed by atoms with Crippen LogP contribution in [0, 0.1) is 5.82 Å². The number of benzene rings is 1. The standard InChI is InChI=1S/C11H17FN2O2S2/c1-3-17-7-8(2)14-18(15,16)11-6-9(12)4-5-10(11)13/h4-6,8,14H,3,7,13H2,1-2H3. The van der Waals surface area contributed by atoms with E-state index in [4.69, 9.17) is 5.73 Å². The normalized spacial score (nSPS) is 13.5. The van der Waals surface area contributed by atoms with Crippen LogP contribution in [0.2, 0.25) is 0 Å². The van der Waals surface area contributed by atoms with Gasteiger partial charge in [0.25, 0.3) is 0 Å². The minimum atomic E-state index is -3.77. The zero-order valence-electron chi connectivity index (χ0n) is 10.3. The van der Waals surface area contributed by atoms with Gasteiger partial charge in [-0.2, -0.15) is 11.8 Å². The zero-order valence-corrected chi connectivity index (χ0v) is 11.9. The van der Waals surface area contributed by atoms with E-state index in [0.717, 1.165) is 17.9 Å². The maximum absolute atomic E-state index is 13.1. The molecule has 0 aliphatic heterocycles. The van der Waals surface area contributed by atoms with Crippen molar-refractivity contribution in [2.75, 3.05) is 17.2 Å². The fraction of sp³-hybridized carbons (Fsp3) is 0.455.